The predicted octanol–water partition coefficient (Wildman–Crippen LogP) is 3.69. The number of nitrogens with one attached hydrogen (secondary N) is 2. The molecule has 138 valence electrons. The van der Waals surface area contributed by atoms with Crippen molar-refractivity contribution in [2.24, 2.45) is 0 Å². The third kappa shape index (κ3) is 3.49. The van der Waals surface area contributed by atoms with Crippen LogP contribution in [0.15, 0.2) is 36.4 Å². The van der Waals surface area contributed by atoms with Crippen LogP contribution in [0, 0.1) is 6.92 Å². The molecule has 0 spiro atoms. The predicted molar refractivity (Wildman–Crippen MR) is 109 cm³/mol. The van der Waals surface area contributed by atoms with Crippen molar-refractivity contribution < 1.29 is 4.79 Å². The number of aryl methyl sites for hydroxylation is 1. The number of thiophene rings is 1. The third-order valence-corrected chi connectivity index (χ3v) is 5.96. The van der Waals surface area contributed by atoms with E-state index in [-0.39, 0.29) is 24.4 Å². The SMILES string of the molecule is Cc1nn(-c2ccccc2)c2sc(C(=O)NC3CCCNC3C)cc12.Cl. The van der Waals surface area contributed by atoms with Crippen molar-refractivity contribution in [3.63, 3.8) is 0 Å². The normalized spacial score (nSPS) is 19.9. The van der Waals surface area contributed by atoms with Gasteiger partial charge in [0.15, 0.2) is 0 Å². The number of benzene rings is 1. The van der Waals surface area contributed by atoms with Crippen molar-refractivity contribution in [3.05, 3.63) is 47.0 Å². The van der Waals surface area contributed by atoms with E-state index in [0.29, 0.717) is 6.04 Å². The number of fused-ring (bicyclic) bond motifs is 1. The third-order valence-electron chi connectivity index (χ3n) is 4.85. The van der Waals surface area contributed by atoms with Crippen molar-refractivity contribution in [2.45, 2.75) is 38.8 Å². The summed E-state index contributed by atoms with van der Waals surface area (Å²) in [6, 6.07) is 12.5. The molecule has 7 heteroatoms. The van der Waals surface area contributed by atoms with E-state index in [1.54, 1.807) is 0 Å². The summed E-state index contributed by atoms with van der Waals surface area (Å²) in [4.78, 5) is 14.5. The number of para-hydroxylation sites is 1. The van der Waals surface area contributed by atoms with E-state index >= 15 is 0 Å². The highest BCUT2D eigenvalue weighted by molar-refractivity contribution is 7.20. The first-order valence-corrected chi connectivity index (χ1v) is 9.54. The number of rotatable bonds is 3. The highest BCUT2D eigenvalue weighted by Gasteiger charge is 2.24. The van der Waals surface area contributed by atoms with Crippen molar-refractivity contribution in [2.75, 3.05) is 6.54 Å². The van der Waals surface area contributed by atoms with Gasteiger partial charge in [-0.2, -0.15) is 5.10 Å². The molecular weight excluding hydrogens is 368 g/mol. The Labute approximate surface area is 163 Å². The maximum absolute atomic E-state index is 12.7. The molecule has 1 aromatic carbocycles. The molecule has 0 aliphatic carbocycles. The molecule has 3 heterocycles. The minimum Gasteiger partial charge on any atom is -0.347 e. The zero-order valence-electron chi connectivity index (χ0n) is 14.9. The van der Waals surface area contributed by atoms with Crippen LogP contribution in [0.5, 0.6) is 0 Å². The number of aromatic nitrogens is 2. The summed E-state index contributed by atoms with van der Waals surface area (Å²) in [5.41, 5.74) is 1.96. The second kappa shape index (κ2) is 7.78. The van der Waals surface area contributed by atoms with Gasteiger partial charge in [0.25, 0.3) is 5.91 Å². The first-order chi connectivity index (χ1) is 12.1. The lowest BCUT2D eigenvalue weighted by Gasteiger charge is -2.30. The topological polar surface area (TPSA) is 59.0 Å². The first-order valence-electron chi connectivity index (χ1n) is 8.72. The fourth-order valence-corrected chi connectivity index (χ4v) is 4.47. The Morgan fingerprint density at radius 3 is 2.85 bits per heavy atom. The molecule has 4 rings (SSSR count). The molecule has 5 nitrogen and oxygen atoms in total. The summed E-state index contributed by atoms with van der Waals surface area (Å²) in [6.07, 6.45) is 2.13. The van der Waals surface area contributed by atoms with Crippen molar-refractivity contribution in [1.29, 1.82) is 0 Å². The highest BCUT2D eigenvalue weighted by Crippen LogP contribution is 2.30. The Morgan fingerprint density at radius 1 is 1.35 bits per heavy atom. The molecule has 2 N–H and O–H groups in total. The highest BCUT2D eigenvalue weighted by atomic mass is 35.5. The average Bonchev–Trinajstić information content (AvgIpc) is 3.19. The molecule has 1 aliphatic heterocycles. The fourth-order valence-electron chi connectivity index (χ4n) is 3.38. The quantitative estimate of drug-likeness (QED) is 0.717. The molecule has 0 radical (unpaired) electrons. The summed E-state index contributed by atoms with van der Waals surface area (Å²) in [7, 11) is 0. The number of hydrogen-bond acceptors (Lipinski definition) is 4. The monoisotopic (exact) mass is 390 g/mol. The molecule has 0 saturated carbocycles. The van der Waals surface area contributed by atoms with Gasteiger partial charge in [0, 0.05) is 17.5 Å². The van der Waals surface area contributed by atoms with E-state index < -0.39 is 0 Å². The molecule has 0 bridgehead atoms. The summed E-state index contributed by atoms with van der Waals surface area (Å²) in [5, 5.41) is 12.3. The van der Waals surface area contributed by atoms with Crippen molar-refractivity contribution in [3.8, 4) is 5.69 Å². The first kappa shape index (κ1) is 18.9. The van der Waals surface area contributed by atoms with Gasteiger partial charge in [-0.1, -0.05) is 18.2 Å². The lowest BCUT2D eigenvalue weighted by Crippen LogP contribution is -2.51. The van der Waals surface area contributed by atoms with E-state index in [4.69, 9.17) is 0 Å². The van der Waals surface area contributed by atoms with Crippen LogP contribution in [0.4, 0.5) is 0 Å². The fraction of sp³-hybridized carbons (Fsp3) is 0.368. The van der Waals surface area contributed by atoms with E-state index in [1.807, 2.05) is 48.0 Å². The van der Waals surface area contributed by atoms with Crippen LogP contribution < -0.4 is 10.6 Å². The maximum atomic E-state index is 12.7. The summed E-state index contributed by atoms with van der Waals surface area (Å²) in [5.74, 6) is 0.0146. The van der Waals surface area contributed by atoms with Crippen molar-refractivity contribution in [1.82, 2.24) is 20.4 Å². The zero-order chi connectivity index (χ0) is 17.4. The summed E-state index contributed by atoms with van der Waals surface area (Å²) in [6.45, 7) is 5.15. The van der Waals surface area contributed by atoms with Crippen LogP contribution in [0.25, 0.3) is 15.9 Å². The van der Waals surface area contributed by atoms with Gasteiger partial charge in [-0.05, 0) is 51.4 Å². The molecular formula is C19H23ClN4OS. The van der Waals surface area contributed by atoms with Gasteiger partial charge in [-0.3, -0.25) is 4.79 Å². The Balaban J connectivity index is 0.00000196. The number of carbonyl (C=O) groups excluding carboxylic acids is 1. The largest absolute Gasteiger partial charge is 0.347 e. The van der Waals surface area contributed by atoms with E-state index in [9.17, 15) is 4.79 Å². The lowest BCUT2D eigenvalue weighted by atomic mass is 10.00. The number of nitrogens with zero attached hydrogens (tertiary/aromatic N) is 2. The molecule has 26 heavy (non-hydrogen) atoms. The van der Waals surface area contributed by atoms with Gasteiger partial charge in [-0.15, -0.1) is 23.7 Å². The van der Waals surface area contributed by atoms with Gasteiger partial charge in [0.1, 0.15) is 4.83 Å². The van der Waals surface area contributed by atoms with Crippen LogP contribution in [-0.2, 0) is 0 Å². The zero-order valence-corrected chi connectivity index (χ0v) is 16.5. The minimum absolute atomic E-state index is 0. The molecule has 1 saturated heterocycles. The standard InChI is InChI=1S/C19H22N4OS.ClH/c1-12-15-11-17(18(24)21-16-9-6-10-20-13(16)2)25-19(15)23(22-12)14-7-4-3-5-8-14;/h3-5,7-8,11,13,16,20H,6,9-10H2,1-2H3,(H,21,24);1H. The minimum atomic E-state index is 0. The maximum Gasteiger partial charge on any atom is 0.261 e. The Bertz CT molecular complexity index is 905. The molecule has 2 aromatic heterocycles. The molecule has 3 aromatic rings. The van der Waals surface area contributed by atoms with E-state index in [1.165, 1.54) is 11.3 Å². The van der Waals surface area contributed by atoms with Crippen LogP contribution in [0.3, 0.4) is 0 Å². The Kier molecular flexibility index (Phi) is 5.65. The van der Waals surface area contributed by atoms with Gasteiger partial charge in [0.2, 0.25) is 0 Å². The number of carbonyl (C=O) groups is 1. The second-order valence-electron chi connectivity index (χ2n) is 6.63. The van der Waals surface area contributed by atoms with Crippen molar-refractivity contribution >= 4 is 39.9 Å². The molecule has 1 aliphatic rings. The van der Waals surface area contributed by atoms with Crippen LogP contribution in [0.1, 0.15) is 35.1 Å². The number of amides is 1. The van der Waals surface area contributed by atoms with Gasteiger partial charge < -0.3 is 10.6 Å². The van der Waals surface area contributed by atoms with Gasteiger partial charge in [0.05, 0.1) is 16.3 Å². The van der Waals surface area contributed by atoms with Gasteiger partial charge in [-0.25, -0.2) is 4.68 Å². The number of hydrogen-bond donors (Lipinski definition) is 2. The molecule has 2 atom stereocenters. The summed E-state index contributed by atoms with van der Waals surface area (Å²) < 4.78 is 1.93. The van der Waals surface area contributed by atoms with Gasteiger partial charge >= 0.3 is 0 Å². The average molecular weight is 391 g/mol. The smallest absolute Gasteiger partial charge is 0.261 e. The number of halogens is 1. The molecule has 2 unspecified atom stereocenters. The number of piperidine rings is 1. The van der Waals surface area contributed by atoms with Crippen LogP contribution in [-0.4, -0.2) is 34.3 Å². The Morgan fingerprint density at radius 2 is 2.12 bits per heavy atom. The lowest BCUT2D eigenvalue weighted by molar-refractivity contribution is 0.0924. The van der Waals surface area contributed by atoms with Crippen LogP contribution >= 0.6 is 23.7 Å². The van der Waals surface area contributed by atoms with E-state index in [2.05, 4.69) is 22.7 Å². The van der Waals surface area contributed by atoms with Crippen LogP contribution in [0.2, 0.25) is 0 Å². The molecule has 1 amide bonds. The molecule has 1 fully saturated rings. The summed E-state index contributed by atoms with van der Waals surface area (Å²) >= 11 is 1.51. The Hall–Kier alpha value is -1.89. The second-order valence-corrected chi connectivity index (χ2v) is 7.66. The van der Waals surface area contributed by atoms with E-state index in [0.717, 1.165) is 45.9 Å².